The van der Waals surface area contributed by atoms with Crippen LogP contribution in [0.1, 0.15) is 36.3 Å². The molecule has 1 saturated heterocycles. The molecule has 2 N–H and O–H groups in total. The largest absolute Gasteiger partial charge is 0.382 e. The topological polar surface area (TPSA) is 32.3 Å². The molecule has 1 aliphatic carbocycles. The molecule has 15 heavy (non-hydrogen) atoms. The summed E-state index contributed by atoms with van der Waals surface area (Å²) in [6.07, 6.45) is 4.05. The molecule has 0 atom stereocenters. The van der Waals surface area contributed by atoms with Gasteiger partial charge in [0, 0.05) is 13.1 Å². The lowest BCUT2D eigenvalue weighted by Crippen LogP contribution is -2.56. The second kappa shape index (κ2) is 3.32. The Kier molecular flexibility index (Phi) is 2.08. The van der Waals surface area contributed by atoms with Gasteiger partial charge >= 0.3 is 0 Å². The van der Waals surface area contributed by atoms with Gasteiger partial charge in [0.15, 0.2) is 0 Å². The standard InChI is InChI=1S/C13H17NO/c15-13(8-14-9-13)12-6-4-11(5-7-12)10-2-1-3-10/h4-7,10,14-15H,1-3,8-9H2. The predicted molar refractivity (Wildman–Crippen MR) is 59.8 cm³/mol. The van der Waals surface area contributed by atoms with Crippen molar-refractivity contribution in [3.05, 3.63) is 35.4 Å². The van der Waals surface area contributed by atoms with Crippen molar-refractivity contribution in [3.63, 3.8) is 0 Å². The van der Waals surface area contributed by atoms with Gasteiger partial charge in [-0.1, -0.05) is 30.7 Å². The third-order valence-electron chi connectivity index (χ3n) is 3.86. The minimum Gasteiger partial charge on any atom is -0.382 e. The Hall–Kier alpha value is -0.860. The summed E-state index contributed by atoms with van der Waals surface area (Å²) in [5.74, 6) is 0.785. The second-order valence-electron chi connectivity index (χ2n) is 4.88. The van der Waals surface area contributed by atoms with E-state index in [0.29, 0.717) is 13.1 Å². The van der Waals surface area contributed by atoms with Crippen molar-refractivity contribution < 1.29 is 5.11 Å². The molecule has 1 saturated carbocycles. The number of aliphatic hydroxyl groups is 1. The fourth-order valence-electron chi connectivity index (χ4n) is 2.37. The molecule has 2 nitrogen and oxygen atoms in total. The van der Waals surface area contributed by atoms with Gasteiger partial charge in [-0.05, 0) is 29.9 Å². The highest BCUT2D eigenvalue weighted by atomic mass is 16.3. The quantitative estimate of drug-likeness (QED) is 0.767. The lowest BCUT2D eigenvalue weighted by molar-refractivity contribution is -0.0146. The average Bonchev–Trinajstić information content (AvgIpc) is 2.13. The maximum Gasteiger partial charge on any atom is 0.114 e. The van der Waals surface area contributed by atoms with Crippen LogP contribution in [0.15, 0.2) is 24.3 Å². The molecule has 1 aromatic rings. The summed E-state index contributed by atoms with van der Waals surface area (Å²) in [4.78, 5) is 0. The van der Waals surface area contributed by atoms with Crippen LogP contribution in [-0.2, 0) is 5.60 Å². The number of benzene rings is 1. The van der Waals surface area contributed by atoms with Gasteiger partial charge in [-0.3, -0.25) is 0 Å². The van der Waals surface area contributed by atoms with Gasteiger partial charge < -0.3 is 10.4 Å². The maximum absolute atomic E-state index is 10.1. The maximum atomic E-state index is 10.1. The summed E-state index contributed by atoms with van der Waals surface area (Å²) in [6, 6.07) is 8.56. The summed E-state index contributed by atoms with van der Waals surface area (Å²) in [5, 5.41) is 13.2. The Labute approximate surface area is 90.3 Å². The summed E-state index contributed by atoms with van der Waals surface area (Å²) < 4.78 is 0. The van der Waals surface area contributed by atoms with E-state index in [2.05, 4.69) is 29.6 Å². The molecule has 0 amide bonds. The van der Waals surface area contributed by atoms with Crippen LogP contribution in [0, 0.1) is 0 Å². The van der Waals surface area contributed by atoms with Crippen LogP contribution in [0.2, 0.25) is 0 Å². The summed E-state index contributed by atoms with van der Waals surface area (Å²) in [5.41, 5.74) is 1.91. The SMILES string of the molecule is OC1(c2ccc(C3CCC3)cc2)CNC1. The molecule has 3 rings (SSSR count). The van der Waals surface area contributed by atoms with E-state index in [1.165, 1.54) is 24.8 Å². The first-order valence-electron chi connectivity index (χ1n) is 5.81. The van der Waals surface area contributed by atoms with E-state index >= 15 is 0 Å². The molecule has 0 aromatic heterocycles. The molecule has 1 aliphatic heterocycles. The van der Waals surface area contributed by atoms with Gasteiger partial charge in [-0.2, -0.15) is 0 Å². The number of nitrogens with one attached hydrogen (secondary N) is 1. The first-order valence-corrected chi connectivity index (χ1v) is 5.81. The molecule has 2 heteroatoms. The Morgan fingerprint density at radius 3 is 2.20 bits per heavy atom. The second-order valence-corrected chi connectivity index (χ2v) is 4.88. The van der Waals surface area contributed by atoms with Gasteiger partial charge in [0.25, 0.3) is 0 Å². The van der Waals surface area contributed by atoms with E-state index in [1.807, 2.05) is 0 Å². The molecule has 1 heterocycles. The number of hydrogen-bond donors (Lipinski definition) is 2. The van der Waals surface area contributed by atoms with Crippen molar-refractivity contribution in [1.82, 2.24) is 5.32 Å². The highest BCUT2D eigenvalue weighted by Gasteiger charge is 2.36. The van der Waals surface area contributed by atoms with Crippen molar-refractivity contribution in [1.29, 1.82) is 0 Å². The molecule has 0 radical (unpaired) electrons. The molecule has 0 unspecified atom stereocenters. The minimum atomic E-state index is -0.599. The van der Waals surface area contributed by atoms with E-state index in [0.717, 1.165) is 11.5 Å². The fourth-order valence-corrected chi connectivity index (χ4v) is 2.37. The first kappa shape index (κ1) is 9.37. The zero-order chi connectivity index (χ0) is 10.3. The van der Waals surface area contributed by atoms with Gasteiger partial charge in [-0.15, -0.1) is 0 Å². The lowest BCUT2D eigenvalue weighted by Gasteiger charge is -2.38. The van der Waals surface area contributed by atoms with Crippen molar-refractivity contribution >= 4 is 0 Å². The van der Waals surface area contributed by atoms with Crippen LogP contribution < -0.4 is 5.32 Å². The Bertz CT molecular complexity index is 349. The molecule has 1 aromatic carbocycles. The smallest absolute Gasteiger partial charge is 0.114 e. The van der Waals surface area contributed by atoms with Gasteiger partial charge in [0.2, 0.25) is 0 Å². The number of hydrogen-bond acceptors (Lipinski definition) is 2. The molecular formula is C13H17NO. The highest BCUT2D eigenvalue weighted by molar-refractivity contribution is 5.32. The van der Waals surface area contributed by atoms with Gasteiger partial charge in [-0.25, -0.2) is 0 Å². The molecule has 80 valence electrons. The molecular weight excluding hydrogens is 186 g/mol. The van der Waals surface area contributed by atoms with Crippen molar-refractivity contribution in [2.75, 3.05) is 13.1 Å². The Morgan fingerprint density at radius 2 is 1.80 bits per heavy atom. The normalized spacial score (nSPS) is 24.3. The Balaban J connectivity index is 1.80. The zero-order valence-corrected chi connectivity index (χ0v) is 8.87. The van der Waals surface area contributed by atoms with Crippen LogP contribution in [-0.4, -0.2) is 18.2 Å². The minimum absolute atomic E-state index is 0.599. The predicted octanol–water partition coefficient (Wildman–Crippen LogP) is 1.74. The van der Waals surface area contributed by atoms with E-state index < -0.39 is 5.60 Å². The lowest BCUT2D eigenvalue weighted by atomic mass is 9.79. The molecule has 2 aliphatic rings. The summed E-state index contributed by atoms with van der Waals surface area (Å²) in [7, 11) is 0. The van der Waals surface area contributed by atoms with Crippen molar-refractivity contribution in [2.24, 2.45) is 0 Å². The van der Waals surface area contributed by atoms with Crippen LogP contribution in [0.25, 0.3) is 0 Å². The first-order chi connectivity index (χ1) is 7.28. The van der Waals surface area contributed by atoms with E-state index in [4.69, 9.17) is 0 Å². The van der Waals surface area contributed by atoms with Crippen molar-refractivity contribution in [2.45, 2.75) is 30.8 Å². The monoisotopic (exact) mass is 203 g/mol. The van der Waals surface area contributed by atoms with Crippen molar-refractivity contribution in [3.8, 4) is 0 Å². The van der Waals surface area contributed by atoms with Gasteiger partial charge in [0.1, 0.15) is 5.60 Å². The van der Waals surface area contributed by atoms with Gasteiger partial charge in [0.05, 0.1) is 0 Å². The van der Waals surface area contributed by atoms with E-state index in [9.17, 15) is 5.11 Å². The molecule has 0 bridgehead atoms. The molecule has 0 spiro atoms. The number of rotatable bonds is 2. The summed E-state index contributed by atoms with van der Waals surface area (Å²) in [6.45, 7) is 1.38. The average molecular weight is 203 g/mol. The van der Waals surface area contributed by atoms with Crippen LogP contribution in [0.4, 0.5) is 0 Å². The third-order valence-corrected chi connectivity index (χ3v) is 3.86. The zero-order valence-electron chi connectivity index (χ0n) is 8.87. The third kappa shape index (κ3) is 1.48. The fraction of sp³-hybridized carbons (Fsp3) is 0.538. The number of β-amino-alcohol motifs (C(OH)–C–C–N with tert-alkyl or cyclic N) is 1. The summed E-state index contributed by atoms with van der Waals surface area (Å²) >= 11 is 0. The van der Waals surface area contributed by atoms with Crippen LogP contribution >= 0.6 is 0 Å². The Morgan fingerprint density at radius 1 is 1.13 bits per heavy atom. The molecule has 2 fully saturated rings. The van der Waals surface area contributed by atoms with Crippen LogP contribution in [0.5, 0.6) is 0 Å². The van der Waals surface area contributed by atoms with E-state index in [1.54, 1.807) is 0 Å². The van der Waals surface area contributed by atoms with Crippen LogP contribution in [0.3, 0.4) is 0 Å². The van der Waals surface area contributed by atoms with E-state index in [-0.39, 0.29) is 0 Å². The highest BCUT2D eigenvalue weighted by Crippen LogP contribution is 2.37.